The third kappa shape index (κ3) is 2.14. The molecular weight excluding hydrogens is 262 g/mol. The molecule has 0 saturated heterocycles. The van der Waals surface area contributed by atoms with Gasteiger partial charge in [0.15, 0.2) is 11.6 Å². The van der Waals surface area contributed by atoms with E-state index in [0.717, 1.165) is 17.6 Å². The Morgan fingerprint density at radius 2 is 2.17 bits per heavy atom. The second-order valence-electron chi connectivity index (χ2n) is 3.47. The molecule has 0 aliphatic heterocycles. The van der Waals surface area contributed by atoms with Gasteiger partial charge in [0, 0.05) is 0 Å². The number of nitrogens with one attached hydrogen (secondary N) is 1. The van der Waals surface area contributed by atoms with Gasteiger partial charge in [0.1, 0.15) is 10.6 Å². The molecule has 0 atom stereocenters. The highest BCUT2D eigenvalue weighted by molar-refractivity contribution is 7.08. The minimum absolute atomic E-state index is 0.0580. The molecule has 0 fully saturated rings. The van der Waals surface area contributed by atoms with Crippen LogP contribution in [0.5, 0.6) is 0 Å². The van der Waals surface area contributed by atoms with Crippen molar-refractivity contribution in [1.82, 2.24) is 9.59 Å². The van der Waals surface area contributed by atoms with E-state index in [4.69, 9.17) is 5.73 Å². The molecule has 0 radical (unpaired) electrons. The van der Waals surface area contributed by atoms with Crippen LogP contribution >= 0.6 is 11.5 Å². The van der Waals surface area contributed by atoms with E-state index >= 15 is 0 Å². The van der Waals surface area contributed by atoms with Crippen molar-refractivity contribution >= 4 is 28.8 Å². The van der Waals surface area contributed by atoms with Crippen LogP contribution in [0, 0.1) is 18.6 Å². The minimum atomic E-state index is -1.20. The number of nitrogen functional groups attached to an aromatic ring is 1. The van der Waals surface area contributed by atoms with Gasteiger partial charge in [0.05, 0.1) is 11.4 Å². The lowest BCUT2D eigenvalue weighted by Gasteiger charge is -2.08. The molecule has 8 heteroatoms. The largest absolute Gasteiger partial charge is 0.397 e. The number of nitrogens with zero attached hydrogens (tertiary/aromatic N) is 2. The van der Waals surface area contributed by atoms with Crippen molar-refractivity contribution in [3.63, 3.8) is 0 Å². The first-order valence-corrected chi connectivity index (χ1v) is 5.62. The van der Waals surface area contributed by atoms with E-state index in [-0.39, 0.29) is 16.3 Å². The predicted molar refractivity (Wildman–Crippen MR) is 63.4 cm³/mol. The van der Waals surface area contributed by atoms with E-state index in [2.05, 4.69) is 14.9 Å². The molecule has 1 amide bonds. The maximum Gasteiger partial charge on any atom is 0.269 e. The van der Waals surface area contributed by atoms with E-state index in [1.807, 2.05) is 0 Å². The number of carbonyl (C=O) groups is 1. The highest BCUT2D eigenvalue weighted by Gasteiger charge is 2.18. The highest BCUT2D eigenvalue weighted by Crippen LogP contribution is 2.25. The lowest BCUT2D eigenvalue weighted by atomic mass is 10.2. The van der Waals surface area contributed by atoms with Gasteiger partial charge in [-0.05, 0) is 30.6 Å². The maximum absolute atomic E-state index is 13.5. The number of hydrogen-bond donors (Lipinski definition) is 2. The molecule has 0 unspecified atom stereocenters. The topological polar surface area (TPSA) is 80.9 Å². The number of rotatable bonds is 2. The summed E-state index contributed by atoms with van der Waals surface area (Å²) in [5, 5.41) is 5.86. The second-order valence-corrected chi connectivity index (χ2v) is 4.22. The minimum Gasteiger partial charge on any atom is -0.397 e. The van der Waals surface area contributed by atoms with Crippen molar-refractivity contribution in [3.8, 4) is 0 Å². The van der Waals surface area contributed by atoms with Gasteiger partial charge in [-0.25, -0.2) is 8.78 Å². The molecule has 1 heterocycles. The van der Waals surface area contributed by atoms with Gasteiger partial charge in [0.2, 0.25) is 0 Å². The summed E-state index contributed by atoms with van der Waals surface area (Å²) < 4.78 is 30.1. The SMILES string of the molecule is Cc1nnsc1C(=O)Nc1c(N)ccc(F)c1F. The first-order valence-electron chi connectivity index (χ1n) is 4.84. The molecule has 0 aliphatic rings. The Kier molecular flexibility index (Phi) is 3.19. The molecule has 3 N–H and O–H groups in total. The summed E-state index contributed by atoms with van der Waals surface area (Å²) in [6.45, 7) is 1.59. The fourth-order valence-electron chi connectivity index (χ4n) is 1.30. The molecule has 0 aliphatic carbocycles. The molecule has 0 bridgehead atoms. The fraction of sp³-hybridized carbons (Fsp3) is 0.100. The molecule has 18 heavy (non-hydrogen) atoms. The highest BCUT2D eigenvalue weighted by atomic mass is 32.1. The van der Waals surface area contributed by atoms with E-state index in [0.29, 0.717) is 5.69 Å². The Morgan fingerprint density at radius 3 is 2.78 bits per heavy atom. The summed E-state index contributed by atoms with van der Waals surface area (Å²) in [5.41, 5.74) is 5.45. The van der Waals surface area contributed by atoms with Crippen molar-refractivity contribution in [2.75, 3.05) is 11.1 Å². The Bertz CT molecular complexity index is 614. The van der Waals surface area contributed by atoms with Crippen molar-refractivity contribution < 1.29 is 13.6 Å². The molecule has 0 saturated carbocycles. The first-order chi connectivity index (χ1) is 8.50. The van der Waals surface area contributed by atoms with Crippen LogP contribution in [-0.2, 0) is 0 Å². The number of aromatic nitrogens is 2. The zero-order valence-corrected chi connectivity index (χ0v) is 10.0. The van der Waals surface area contributed by atoms with Crippen molar-refractivity contribution in [1.29, 1.82) is 0 Å². The molecule has 0 spiro atoms. The molecule has 2 rings (SSSR count). The summed E-state index contributed by atoms with van der Waals surface area (Å²) in [6.07, 6.45) is 0. The lowest BCUT2D eigenvalue weighted by Crippen LogP contribution is -2.15. The van der Waals surface area contributed by atoms with Crippen LogP contribution in [0.4, 0.5) is 20.2 Å². The van der Waals surface area contributed by atoms with Gasteiger partial charge in [-0.1, -0.05) is 4.49 Å². The summed E-state index contributed by atoms with van der Waals surface area (Å²) in [6, 6.07) is 2.06. The lowest BCUT2D eigenvalue weighted by molar-refractivity contribution is 0.102. The third-order valence-electron chi connectivity index (χ3n) is 2.22. The Hall–Kier alpha value is -2.09. The number of aryl methyl sites for hydroxylation is 1. The van der Waals surface area contributed by atoms with E-state index in [1.165, 1.54) is 6.07 Å². The van der Waals surface area contributed by atoms with Gasteiger partial charge in [-0.2, -0.15) is 0 Å². The molecular formula is C10H8F2N4OS. The number of nitrogens with two attached hydrogens (primary N) is 1. The number of anilines is 2. The van der Waals surface area contributed by atoms with Crippen LogP contribution in [0.25, 0.3) is 0 Å². The van der Waals surface area contributed by atoms with Gasteiger partial charge in [0.25, 0.3) is 5.91 Å². The number of halogens is 2. The van der Waals surface area contributed by atoms with Gasteiger partial charge in [-0.3, -0.25) is 4.79 Å². The van der Waals surface area contributed by atoms with Crippen molar-refractivity contribution in [2.45, 2.75) is 6.92 Å². The predicted octanol–water partition coefficient (Wildman–Crippen LogP) is 1.96. The fourth-order valence-corrected chi connectivity index (χ4v) is 1.85. The van der Waals surface area contributed by atoms with Crippen LogP contribution in [-0.4, -0.2) is 15.5 Å². The molecule has 1 aromatic carbocycles. The monoisotopic (exact) mass is 270 g/mol. The second kappa shape index (κ2) is 4.65. The molecule has 2 aromatic rings. The molecule has 94 valence electrons. The van der Waals surface area contributed by atoms with Crippen LogP contribution in [0.2, 0.25) is 0 Å². The summed E-state index contributed by atoms with van der Waals surface area (Å²) >= 11 is 0.863. The summed E-state index contributed by atoms with van der Waals surface area (Å²) in [4.78, 5) is 12.0. The van der Waals surface area contributed by atoms with E-state index in [9.17, 15) is 13.6 Å². The van der Waals surface area contributed by atoms with Gasteiger partial charge in [-0.15, -0.1) is 5.10 Å². The van der Waals surface area contributed by atoms with E-state index in [1.54, 1.807) is 6.92 Å². The summed E-state index contributed by atoms with van der Waals surface area (Å²) in [5.74, 6) is -2.91. The quantitative estimate of drug-likeness (QED) is 0.817. The summed E-state index contributed by atoms with van der Waals surface area (Å²) in [7, 11) is 0. The molecule has 1 aromatic heterocycles. The number of carbonyl (C=O) groups excluding carboxylic acids is 1. The standard InChI is InChI=1S/C10H8F2N4OS/c1-4-9(18-16-15-4)10(17)14-8-6(13)3-2-5(11)7(8)12/h2-3H,13H2,1H3,(H,14,17). The van der Waals surface area contributed by atoms with Crippen LogP contribution < -0.4 is 11.1 Å². The zero-order valence-electron chi connectivity index (χ0n) is 9.20. The Balaban J connectivity index is 2.33. The maximum atomic E-state index is 13.5. The van der Waals surface area contributed by atoms with E-state index < -0.39 is 17.5 Å². The number of benzene rings is 1. The average Bonchev–Trinajstić information content (AvgIpc) is 2.76. The average molecular weight is 270 g/mol. The third-order valence-corrected chi connectivity index (χ3v) is 3.05. The van der Waals surface area contributed by atoms with Crippen molar-refractivity contribution in [2.24, 2.45) is 0 Å². The van der Waals surface area contributed by atoms with Gasteiger partial charge >= 0.3 is 0 Å². The van der Waals surface area contributed by atoms with Gasteiger partial charge < -0.3 is 11.1 Å². The number of hydrogen-bond acceptors (Lipinski definition) is 5. The van der Waals surface area contributed by atoms with Crippen LogP contribution in [0.3, 0.4) is 0 Å². The van der Waals surface area contributed by atoms with Crippen LogP contribution in [0.1, 0.15) is 15.4 Å². The van der Waals surface area contributed by atoms with Crippen molar-refractivity contribution in [3.05, 3.63) is 34.3 Å². The normalized spacial score (nSPS) is 10.4. The zero-order chi connectivity index (χ0) is 13.3. The Morgan fingerprint density at radius 1 is 1.44 bits per heavy atom. The Labute approximate surface area is 105 Å². The first kappa shape index (κ1) is 12.4. The number of amides is 1. The molecule has 5 nitrogen and oxygen atoms in total. The van der Waals surface area contributed by atoms with Crippen LogP contribution in [0.15, 0.2) is 12.1 Å². The smallest absolute Gasteiger partial charge is 0.269 e.